The molecule has 178 valence electrons. The molecule has 5 heteroatoms. The summed E-state index contributed by atoms with van der Waals surface area (Å²) in [6.07, 6.45) is 8.33. The maximum Gasteiger partial charge on any atom is 0.306 e. The summed E-state index contributed by atoms with van der Waals surface area (Å²) in [6, 6.07) is 12.6. The lowest BCUT2D eigenvalue weighted by Gasteiger charge is -2.36. The minimum absolute atomic E-state index is 0.189. The van der Waals surface area contributed by atoms with Gasteiger partial charge in [-0.2, -0.15) is 0 Å². The summed E-state index contributed by atoms with van der Waals surface area (Å²) in [5.74, 6) is 0.794. The van der Waals surface area contributed by atoms with Crippen LogP contribution < -0.4 is 4.74 Å². The van der Waals surface area contributed by atoms with Crippen molar-refractivity contribution in [2.45, 2.75) is 71.9 Å². The highest BCUT2D eigenvalue weighted by Gasteiger charge is 2.30. The Balaban J connectivity index is 1.31. The molecule has 0 unspecified atom stereocenters. The van der Waals surface area contributed by atoms with Crippen LogP contribution in [0.25, 0.3) is 11.3 Å². The van der Waals surface area contributed by atoms with Crippen LogP contribution in [0, 0.1) is 17.3 Å². The number of carboxylic acids is 1. The molecule has 0 atom stereocenters. The zero-order valence-electron chi connectivity index (χ0n) is 20.3. The quantitative estimate of drug-likeness (QED) is 0.582. The van der Waals surface area contributed by atoms with Crippen LogP contribution in [-0.2, 0) is 11.3 Å². The average Bonchev–Trinajstić information content (AvgIpc) is 2.80. The number of likely N-dealkylation sites (tertiary alicyclic amines) is 1. The SMILES string of the molecule is CC(C)(C)C1CCC(Oc2ccc(-c3cccc(CN4CCC(C(=O)O)CC4)c3)nc2)CC1. The predicted octanol–water partition coefficient (Wildman–Crippen LogP) is 6.03. The molecule has 1 aromatic carbocycles. The van der Waals surface area contributed by atoms with Crippen molar-refractivity contribution in [3.05, 3.63) is 48.2 Å². The van der Waals surface area contributed by atoms with Crippen LogP contribution in [0.4, 0.5) is 0 Å². The van der Waals surface area contributed by atoms with Crippen molar-refractivity contribution in [3.8, 4) is 17.0 Å². The second-order valence-corrected chi connectivity index (χ2v) is 10.9. The van der Waals surface area contributed by atoms with Gasteiger partial charge >= 0.3 is 5.97 Å². The Morgan fingerprint density at radius 1 is 1.06 bits per heavy atom. The van der Waals surface area contributed by atoms with E-state index in [0.29, 0.717) is 11.5 Å². The van der Waals surface area contributed by atoms with Gasteiger partial charge in [-0.1, -0.05) is 39.0 Å². The van der Waals surface area contributed by atoms with E-state index >= 15 is 0 Å². The van der Waals surface area contributed by atoms with E-state index in [1.807, 2.05) is 18.3 Å². The number of piperidine rings is 1. The van der Waals surface area contributed by atoms with Crippen LogP contribution in [0.2, 0.25) is 0 Å². The van der Waals surface area contributed by atoms with E-state index in [4.69, 9.17) is 4.74 Å². The number of carbonyl (C=O) groups is 1. The molecule has 2 aliphatic rings. The van der Waals surface area contributed by atoms with E-state index in [1.54, 1.807) is 0 Å². The van der Waals surface area contributed by atoms with Gasteiger partial charge in [0.1, 0.15) is 5.75 Å². The fourth-order valence-corrected chi connectivity index (χ4v) is 5.29. The lowest BCUT2D eigenvalue weighted by Crippen LogP contribution is -2.35. The molecule has 2 aromatic rings. The number of hydrogen-bond donors (Lipinski definition) is 1. The molecule has 0 radical (unpaired) electrons. The van der Waals surface area contributed by atoms with E-state index in [1.165, 1.54) is 18.4 Å². The number of aromatic nitrogens is 1. The summed E-state index contributed by atoms with van der Waals surface area (Å²) >= 11 is 0. The summed E-state index contributed by atoms with van der Waals surface area (Å²) in [6.45, 7) is 9.55. The van der Waals surface area contributed by atoms with E-state index in [9.17, 15) is 9.90 Å². The maximum atomic E-state index is 11.2. The number of carboxylic acid groups (broad SMARTS) is 1. The molecule has 4 rings (SSSR count). The number of nitrogens with zero attached hydrogens (tertiary/aromatic N) is 2. The number of ether oxygens (including phenoxy) is 1. The zero-order valence-corrected chi connectivity index (χ0v) is 20.3. The van der Waals surface area contributed by atoms with Gasteiger partial charge in [-0.05, 0) is 86.7 Å². The summed E-state index contributed by atoms with van der Waals surface area (Å²) < 4.78 is 6.25. The molecule has 1 aliphatic carbocycles. The first-order valence-corrected chi connectivity index (χ1v) is 12.4. The largest absolute Gasteiger partial charge is 0.489 e. The first-order valence-electron chi connectivity index (χ1n) is 12.4. The fourth-order valence-electron chi connectivity index (χ4n) is 5.29. The molecule has 1 saturated heterocycles. The van der Waals surface area contributed by atoms with E-state index in [0.717, 1.165) is 68.2 Å². The Labute approximate surface area is 198 Å². The maximum absolute atomic E-state index is 11.2. The lowest BCUT2D eigenvalue weighted by atomic mass is 9.72. The summed E-state index contributed by atoms with van der Waals surface area (Å²) in [5.41, 5.74) is 3.67. The molecule has 1 aromatic heterocycles. The highest BCUT2D eigenvalue weighted by atomic mass is 16.5. The van der Waals surface area contributed by atoms with Crippen molar-refractivity contribution in [1.29, 1.82) is 0 Å². The molecule has 0 amide bonds. The lowest BCUT2D eigenvalue weighted by molar-refractivity contribution is -0.143. The van der Waals surface area contributed by atoms with Gasteiger partial charge < -0.3 is 9.84 Å². The van der Waals surface area contributed by atoms with Crippen molar-refractivity contribution >= 4 is 5.97 Å². The van der Waals surface area contributed by atoms with Crippen molar-refractivity contribution in [2.75, 3.05) is 13.1 Å². The smallest absolute Gasteiger partial charge is 0.306 e. The number of rotatable bonds is 6. The van der Waals surface area contributed by atoms with Gasteiger partial charge in [0.2, 0.25) is 0 Å². The molecule has 1 aliphatic heterocycles. The van der Waals surface area contributed by atoms with Gasteiger partial charge in [-0.25, -0.2) is 0 Å². The van der Waals surface area contributed by atoms with Crippen LogP contribution in [0.3, 0.4) is 0 Å². The van der Waals surface area contributed by atoms with Crippen molar-refractivity contribution in [2.24, 2.45) is 17.3 Å². The number of hydrogen-bond acceptors (Lipinski definition) is 4. The van der Waals surface area contributed by atoms with Gasteiger partial charge in [-0.15, -0.1) is 0 Å². The molecule has 33 heavy (non-hydrogen) atoms. The molecule has 2 fully saturated rings. The van der Waals surface area contributed by atoms with Gasteiger partial charge in [0.15, 0.2) is 0 Å². The zero-order chi connectivity index (χ0) is 23.4. The van der Waals surface area contributed by atoms with Gasteiger partial charge in [-0.3, -0.25) is 14.7 Å². The summed E-state index contributed by atoms with van der Waals surface area (Å²) in [4.78, 5) is 18.2. The number of benzene rings is 1. The average molecular weight is 451 g/mol. The van der Waals surface area contributed by atoms with Crippen LogP contribution in [0.15, 0.2) is 42.6 Å². The first kappa shape index (κ1) is 23.7. The molecular weight excluding hydrogens is 412 g/mol. The number of pyridine rings is 1. The normalized spacial score (nSPS) is 22.8. The van der Waals surface area contributed by atoms with Crippen molar-refractivity contribution < 1.29 is 14.6 Å². The third-order valence-corrected chi connectivity index (χ3v) is 7.50. The monoisotopic (exact) mass is 450 g/mol. The predicted molar refractivity (Wildman–Crippen MR) is 131 cm³/mol. The second kappa shape index (κ2) is 10.3. The standard InChI is InChI=1S/C28H38N2O3/c1-28(2,3)23-7-9-24(10-8-23)33-25-11-12-26(29-18-25)22-6-4-5-20(17-22)19-30-15-13-21(14-16-30)27(31)32/h4-6,11-12,17-18,21,23-24H,7-10,13-16,19H2,1-3H3,(H,31,32). The van der Waals surface area contributed by atoms with Gasteiger partial charge in [0.25, 0.3) is 0 Å². The van der Waals surface area contributed by atoms with Crippen molar-refractivity contribution in [3.63, 3.8) is 0 Å². The molecule has 1 N–H and O–H groups in total. The molecule has 1 saturated carbocycles. The highest BCUT2D eigenvalue weighted by Crippen LogP contribution is 2.38. The molecule has 0 spiro atoms. The second-order valence-electron chi connectivity index (χ2n) is 10.9. The Bertz CT molecular complexity index is 919. The Morgan fingerprint density at radius 2 is 1.79 bits per heavy atom. The van der Waals surface area contributed by atoms with Crippen LogP contribution >= 0.6 is 0 Å². The van der Waals surface area contributed by atoms with E-state index < -0.39 is 5.97 Å². The Kier molecular flexibility index (Phi) is 7.38. The van der Waals surface area contributed by atoms with Gasteiger partial charge in [0.05, 0.1) is 23.9 Å². The summed E-state index contributed by atoms with van der Waals surface area (Å²) in [5, 5.41) is 9.19. The minimum Gasteiger partial charge on any atom is -0.489 e. The molecule has 5 nitrogen and oxygen atoms in total. The van der Waals surface area contributed by atoms with Crippen molar-refractivity contribution in [1.82, 2.24) is 9.88 Å². The highest BCUT2D eigenvalue weighted by molar-refractivity contribution is 5.70. The number of aliphatic carboxylic acids is 1. The fraction of sp³-hybridized carbons (Fsp3) is 0.571. The Morgan fingerprint density at radius 3 is 2.39 bits per heavy atom. The Hall–Kier alpha value is -2.40. The van der Waals surface area contributed by atoms with Crippen LogP contribution in [0.1, 0.15) is 64.9 Å². The summed E-state index contributed by atoms with van der Waals surface area (Å²) in [7, 11) is 0. The van der Waals surface area contributed by atoms with Crippen LogP contribution in [0.5, 0.6) is 5.75 Å². The van der Waals surface area contributed by atoms with Crippen LogP contribution in [-0.4, -0.2) is 40.2 Å². The van der Waals surface area contributed by atoms with Gasteiger partial charge in [0, 0.05) is 12.1 Å². The van der Waals surface area contributed by atoms with E-state index in [-0.39, 0.29) is 5.92 Å². The third kappa shape index (κ3) is 6.35. The first-order chi connectivity index (χ1) is 15.8. The topological polar surface area (TPSA) is 62.7 Å². The minimum atomic E-state index is -0.660. The molecule has 2 heterocycles. The van der Waals surface area contributed by atoms with E-state index in [2.05, 4.69) is 54.9 Å². The third-order valence-electron chi connectivity index (χ3n) is 7.50. The molecule has 0 bridgehead atoms. The molecular formula is C28H38N2O3.